The molecule has 1 aromatic rings. The van der Waals surface area contributed by atoms with Crippen LogP contribution in [-0.4, -0.2) is 40.6 Å². The van der Waals surface area contributed by atoms with E-state index in [1.54, 1.807) is 0 Å². The number of nitrogens with zero attached hydrogens (tertiary/aromatic N) is 1. The predicted octanol–water partition coefficient (Wildman–Crippen LogP) is 1.04. The summed E-state index contributed by atoms with van der Waals surface area (Å²) in [6, 6.07) is 8.27. The van der Waals surface area contributed by atoms with E-state index in [1.165, 1.54) is 26.1 Å². The monoisotopic (exact) mass is 294 g/mol. The van der Waals surface area contributed by atoms with Crippen LogP contribution in [0.1, 0.15) is 19.4 Å². The SMILES string of the molecule is CC1(C)COC(c2cccc[c]2[Sn])=N1. The molecule has 1 heterocycles. The Labute approximate surface area is 97.5 Å². The van der Waals surface area contributed by atoms with Gasteiger partial charge in [0.05, 0.1) is 0 Å². The van der Waals surface area contributed by atoms with Crippen LogP contribution >= 0.6 is 0 Å². The first-order valence-corrected chi connectivity index (χ1v) is 6.05. The maximum atomic E-state index is 5.60. The van der Waals surface area contributed by atoms with E-state index < -0.39 is 0 Å². The van der Waals surface area contributed by atoms with Crippen molar-refractivity contribution in [1.29, 1.82) is 0 Å². The van der Waals surface area contributed by atoms with Gasteiger partial charge in [-0.3, -0.25) is 0 Å². The van der Waals surface area contributed by atoms with Crippen LogP contribution in [0.2, 0.25) is 0 Å². The molecule has 0 aromatic heterocycles. The third-order valence-corrected chi connectivity index (χ3v) is 3.37. The summed E-state index contributed by atoms with van der Waals surface area (Å²) in [5.74, 6) is 0.808. The third-order valence-electron chi connectivity index (χ3n) is 2.12. The zero-order valence-electron chi connectivity index (χ0n) is 8.37. The van der Waals surface area contributed by atoms with Gasteiger partial charge in [-0.2, -0.15) is 0 Å². The van der Waals surface area contributed by atoms with E-state index in [2.05, 4.69) is 31.0 Å². The molecule has 14 heavy (non-hydrogen) atoms. The summed E-state index contributed by atoms with van der Waals surface area (Å²) in [5.41, 5.74) is 1.09. The average Bonchev–Trinajstić information content (AvgIpc) is 2.47. The van der Waals surface area contributed by atoms with Crippen molar-refractivity contribution in [3.05, 3.63) is 29.8 Å². The van der Waals surface area contributed by atoms with Crippen molar-refractivity contribution in [2.24, 2.45) is 4.99 Å². The van der Waals surface area contributed by atoms with Crippen LogP contribution in [0.15, 0.2) is 29.3 Å². The number of aliphatic imine (C=N–C) groups is 1. The fourth-order valence-electron chi connectivity index (χ4n) is 1.39. The van der Waals surface area contributed by atoms with E-state index >= 15 is 0 Å². The summed E-state index contributed by atoms with van der Waals surface area (Å²) in [5, 5.41) is 0. The topological polar surface area (TPSA) is 21.6 Å². The summed E-state index contributed by atoms with van der Waals surface area (Å²) < 4.78 is 6.90. The zero-order valence-corrected chi connectivity index (χ0v) is 11.2. The molecule has 1 aromatic carbocycles. The first kappa shape index (κ1) is 10.0. The fourth-order valence-corrected chi connectivity index (χ4v) is 2.21. The molecule has 0 bridgehead atoms. The predicted molar refractivity (Wildman–Crippen MR) is 58.4 cm³/mol. The summed E-state index contributed by atoms with van der Waals surface area (Å²) in [6.07, 6.45) is 0. The molecule has 2 nitrogen and oxygen atoms in total. The molecule has 0 spiro atoms. The van der Waals surface area contributed by atoms with E-state index in [1.807, 2.05) is 12.1 Å². The molecule has 3 heteroatoms. The van der Waals surface area contributed by atoms with Crippen molar-refractivity contribution >= 4 is 32.0 Å². The number of ether oxygens (including phenoxy) is 1. The quantitative estimate of drug-likeness (QED) is 0.709. The van der Waals surface area contributed by atoms with Crippen LogP contribution in [0.5, 0.6) is 0 Å². The molecule has 3 radical (unpaired) electrons. The summed E-state index contributed by atoms with van der Waals surface area (Å²) >= 11 is 1.40. The van der Waals surface area contributed by atoms with Gasteiger partial charge in [0.2, 0.25) is 0 Å². The molecule has 0 atom stereocenters. The zero-order chi connectivity index (χ0) is 10.2. The molecule has 0 N–H and O–H groups in total. The summed E-state index contributed by atoms with van der Waals surface area (Å²) in [7, 11) is 0. The molecule has 0 saturated carbocycles. The van der Waals surface area contributed by atoms with Crippen molar-refractivity contribution in [3.8, 4) is 0 Å². The molecule has 0 saturated heterocycles. The minimum absolute atomic E-state index is 0.0618. The average molecular weight is 293 g/mol. The van der Waals surface area contributed by atoms with Gasteiger partial charge in [0.25, 0.3) is 0 Å². The number of hydrogen-bond donors (Lipinski definition) is 0. The Bertz CT molecular complexity index is 385. The van der Waals surface area contributed by atoms with Crippen molar-refractivity contribution < 1.29 is 4.74 Å². The van der Waals surface area contributed by atoms with Crippen molar-refractivity contribution in [3.63, 3.8) is 0 Å². The van der Waals surface area contributed by atoms with E-state index in [-0.39, 0.29) is 5.54 Å². The fraction of sp³-hybridized carbons (Fsp3) is 0.364. The Morgan fingerprint density at radius 1 is 1.36 bits per heavy atom. The Morgan fingerprint density at radius 2 is 2.07 bits per heavy atom. The van der Waals surface area contributed by atoms with Crippen LogP contribution in [0, 0.1) is 0 Å². The second-order valence-corrected chi connectivity index (χ2v) is 5.60. The normalized spacial score (nSPS) is 18.9. The Balaban J connectivity index is 2.38. The van der Waals surface area contributed by atoms with E-state index in [9.17, 15) is 0 Å². The summed E-state index contributed by atoms with van der Waals surface area (Å²) in [6.45, 7) is 4.87. The first-order chi connectivity index (χ1) is 6.58. The molecule has 0 amide bonds. The first-order valence-electron chi connectivity index (χ1n) is 4.62. The van der Waals surface area contributed by atoms with Crippen LogP contribution in [0.4, 0.5) is 0 Å². The van der Waals surface area contributed by atoms with Gasteiger partial charge in [-0.1, -0.05) is 0 Å². The molecule has 0 fully saturated rings. The molecular weight excluding hydrogens is 281 g/mol. The maximum absolute atomic E-state index is 5.60. The second kappa shape index (κ2) is 3.57. The second-order valence-electron chi connectivity index (χ2n) is 4.06. The number of hydrogen-bond acceptors (Lipinski definition) is 2. The van der Waals surface area contributed by atoms with E-state index in [0.29, 0.717) is 6.61 Å². The van der Waals surface area contributed by atoms with E-state index in [0.717, 1.165) is 11.5 Å². The molecule has 0 unspecified atom stereocenters. The molecule has 0 aliphatic carbocycles. The summed E-state index contributed by atoms with van der Waals surface area (Å²) in [4.78, 5) is 4.56. The Hall–Kier alpha value is -0.511. The van der Waals surface area contributed by atoms with Gasteiger partial charge in [0, 0.05) is 0 Å². The molecule has 2 rings (SSSR count). The van der Waals surface area contributed by atoms with Gasteiger partial charge < -0.3 is 0 Å². The van der Waals surface area contributed by atoms with Crippen LogP contribution in [0.25, 0.3) is 0 Å². The Kier molecular flexibility index (Phi) is 2.56. The van der Waals surface area contributed by atoms with Crippen molar-refractivity contribution in [2.75, 3.05) is 6.61 Å². The van der Waals surface area contributed by atoms with Gasteiger partial charge in [0.15, 0.2) is 0 Å². The minimum atomic E-state index is -0.0618. The standard InChI is InChI=1S/C11H12NO.Sn/c1-11(2)8-13-10(12-11)9-6-4-3-5-7-9;/h3-6H,8H2,1-2H3;. The van der Waals surface area contributed by atoms with Gasteiger partial charge in [-0.05, 0) is 0 Å². The van der Waals surface area contributed by atoms with Gasteiger partial charge >= 0.3 is 97.6 Å². The number of rotatable bonds is 1. The van der Waals surface area contributed by atoms with Gasteiger partial charge in [-0.25, -0.2) is 0 Å². The molecule has 1 aliphatic heterocycles. The van der Waals surface area contributed by atoms with Gasteiger partial charge in [-0.15, -0.1) is 0 Å². The molecule has 1 aliphatic rings. The Morgan fingerprint density at radius 3 is 2.64 bits per heavy atom. The van der Waals surface area contributed by atoms with E-state index in [4.69, 9.17) is 4.74 Å². The third kappa shape index (κ3) is 1.95. The van der Waals surface area contributed by atoms with Gasteiger partial charge in [0.1, 0.15) is 0 Å². The van der Waals surface area contributed by atoms with Crippen molar-refractivity contribution in [2.45, 2.75) is 19.4 Å². The molecular formula is C11H12NOSn. The number of benzene rings is 1. The van der Waals surface area contributed by atoms with Crippen molar-refractivity contribution in [1.82, 2.24) is 0 Å². The van der Waals surface area contributed by atoms with Crippen LogP contribution in [-0.2, 0) is 4.74 Å². The van der Waals surface area contributed by atoms with Crippen LogP contribution in [0.3, 0.4) is 0 Å². The van der Waals surface area contributed by atoms with Crippen LogP contribution < -0.4 is 3.58 Å². The molecule has 71 valence electrons.